The van der Waals surface area contributed by atoms with Crippen LogP contribution in [0.3, 0.4) is 0 Å². The monoisotopic (exact) mass is 231 g/mol. The van der Waals surface area contributed by atoms with Crippen LogP contribution in [-0.2, 0) is 16.1 Å². The average Bonchev–Trinajstić information content (AvgIpc) is 2.36. The Bertz CT molecular complexity index is 481. The van der Waals surface area contributed by atoms with Gasteiger partial charge in [0.2, 0.25) is 5.91 Å². The van der Waals surface area contributed by atoms with Crippen LogP contribution in [0.5, 0.6) is 0 Å². The minimum atomic E-state index is -0.904. The zero-order valence-corrected chi connectivity index (χ0v) is 9.30. The first-order valence-electron chi connectivity index (χ1n) is 5.35. The van der Waals surface area contributed by atoms with Gasteiger partial charge in [-0.25, -0.2) is 0 Å². The normalized spacial score (nSPS) is 18.4. The van der Waals surface area contributed by atoms with Crippen molar-refractivity contribution in [3.05, 3.63) is 48.0 Å². The Kier molecular flexibility index (Phi) is 2.95. The number of carboxylic acid groups (broad SMARTS) is 1. The zero-order chi connectivity index (χ0) is 12.4. The molecule has 4 heteroatoms. The number of hydrogen-bond acceptors (Lipinski definition) is 2. The van der Waals surface area contributed by atoms with Crippen molar-refractivity contribution < 1.29 is 14.7 Å². The van der Waals surface area contributed by atoms with Crippen molar-refractivity contribution >= 4 is 11.9 Å². The molecule has 1 N–H and O–H groups in total. The van der Waals surface area contributed by atoms with Gasteiger partial charge in [-0.2, -0.15) is 0 Å². The van der Waals surface area contributed by atoms with E-state index in [1.54, 1.807) is 0 Å². The lowest BCUT2D eigenvalue weighted by Crippen LogP contribution is -2.39. The van der Waals surface area contributed by atoms with Crippen molar-refractivity contribution in [2.45, 2.75) is 12.5 Å². The molecule has 0 bridgehead atoms. The molecule has 0 aliphatic carbocycles. The average molecular weight is 231 g/mol. The van der Waals surface area contributed by atoms with Crippen molar-refractivity contribution in [3.63, 3.8) is 0 Å². The van der Waals surface area contributed by atoms with Gasteiger partial charge in [-0.1, -0.05) is 30.8 Å². The molecule has 0 saturated heterocycles. The second-order valence-electron chi connectivity index (χ2n) is 4.01. The first kappa shape index (κ1) is 11.4. The van der Waals surface area contributed by atoms with Gasteiger partial charge in [0.15, 0.2) is 0 Å². The van der Waals surface area contributed by atoms with Crippen molar-refractivity contribution in [1.29, 1.82) is 0 Å². The molecule has 4 nitrogen and oxygen atoms in total. The summed E-state index contributed by atoms with van der Waals surface area (Å²) >= 11 is 0. The minimum Gasteiger partial charge on any atom is -0.481 e. The van der Waals surface area contributed by atoms with Crippen LogP contribution < -0.4 is 0 Å². The molecular weight excluding hydrogens is 218 g/mol. The molecule has 0 spiro atoms. The van der Waals surface area contributed by atoms with Crippen LogP contribution in [0.2, 0.25) is 0 Å². The van der Waals surface area contributed by atoms with Crippen LogP contribution >= 0.6 is 0 Å². The van der Waals surface area contributed by atoms with Crippen LogP contribution in [-0.4, -0.2) is 28.4 Å². The first-order chi connectivity index (χ1) is 8.13. The maximum Gasteiger partial charge on any atom is 0.312 e. The molecule has 1 atom stereocenters. The zero-order valence-electron chi connectivity index (χ0n) is 9.30. The number of carbonyl (C=O) groups excluding carboxylic acids is 1. The number of benzene rings is 1. The summed E-state index contributed by atoms with van der Waals surface area (Å²) in [6, 6.07) is 7.33. The molecule has 1 unspecified atom stereocenters. The molecule has 1 aromatic carbocycles. The van der Waals surface area contributed by atoms with Crippen molar-refractivity contribution in [2.75, 3.05) is 6.54 Å². The maximum atomic E-state index is 11.6. The molecule has 0 aromatic heterocycles. The predicted molar refractivity (Wildman–Crippen MR) is 62.4 cm³/mol. The van der Waals surface area contributed by atoms with Crippen LogP contribution in [0.25, 0.3) is 0 Å². The van der Waals surface area contributed by atoms with E-state index < -0.39 is 11.9 Å². The van der Waals surface area contributed by atoms with Crippen LogP contribution in [0, 0.1) is 0 Å². The Morgan fingerprint density at radius 1 is 1.41 bits per heavy atom. The van der Waals surface area contributed by atoms with Gasteiger partial charge < -0.3 is 10.0 Å². The van der Waals surface area contributed by atoms with Gasteiger partial charge in [-0.15, -0.1) is 0 Å². The highest BCUT2D eigenvalue weighted by molar-refractivity contribution is 5.88. The van der Waals surface area contributed by atoms with Gasteiger partial charge in [-0.3, -0.25) is 9.59 Å². The summed E-state index contributed by atoms with van der Waals surface area (Å²) in [6.45, 7) is 4.08. The minimum absolute atomic E-state index is 0.206. The van der Waals surface area contributed by atoms with Gasteiger partial charge in [-0.05, 0) is 17.2 Å². The molecule has 1 amide bonds. The quantitative estimate of drug-likeness (QED) is 0.782. The Hall–Kier alpha value is -2.10. The van der Waals surface area contributed by atoms with E-state index in [0.29, 0.717) is 6.54 Å². The van der Waals surface area contributed by atoms with E-state index in [0.717, 1.165) is 11.1 Å². The molecule has 0 fully saturated rings. The number of carbonyl (C=O) groups is 2. The fraction of sp³-hybridized carbons (Fsp3) is 0.231. The predicted octanol–water partition coefficient (Wildman–Crippen LogP) is 1.38. The Labute approximate surface area is 99.2 Å². The van der Waals surface area contributed by atoms with Crippen molar-refractivity contribution in [1.82, 2.24) is 4.90 Å². The molecule has 1 heterocycles. The Morgan fingerprint density at radius 2 is 2.12 bits per heavy atom. The van der Waals surface area contributed by atoms with E-state index in [1.807, 2.05) is 24.3 Å². The van der Waals surface area contributed by atoms with E-state index >= 15 is 0 Å². The van der Waals surface area contributed by atoms with Gasteiger partial charge in [0.1, 0.15) is 0 Å². The second-order valence-corrected chi connectivity index (χ2v) is 4.01. The summed E-state index contributed by atoms with van der Waals surface area (Å²) in [5.41, 5.74) is 1.69. The number of carboxylic acids is 1. The van der Waals surface area contributed by atoms with Crippen LogP contribution in [0.4, 0.5) is 0 Å². The van der Waals surface area contributed by atoms with Crippen molar-refractivity contribution in [3.8, 4) is 0 Å². The van der Waals surface area contributed by atoms with E-state index in [9.17, 15) is 14.7 Å². The Balaban J connectivity index is 2.39. The molecule has 0 radical (unpaired) electrons. The van der Waals surface area contributed by atoms with Gasteiger partial charge in [0, 0.05) is 13.1 Å². The summed E-state index contributed by atoms with van der Waals surface area (Å²) in [6.07, 6.45) is 1.22. The largest absolute Gasteiger partial charge is 0.481 e. The molecule has 88 valence electrons. The number of amides is 1. The summed E-state index contributed by atoms with van der Waals surface area (Å²) in [5, 5.41) is 9.19. The van der Waals surface area contributed by atoms with E-state index in [1.165, 1.54) is 11.0 Å². The van der Waals surface area contributed by atoms with Crippen molar-refractivity contribution in [2.24, 2.45) is 0 Å². The highest BCUT2D eigenvalue weighted by Gasteiger charge is 2.31. The third-order valence-corrected chi connectivity index (χ3v) is 2.98. The number of fused-ring (bicyclic) bond motifs is 1. The molecule has 1 aliphatic heterocycles. The fourth-order valence-corrected chi connectivity index (χ4v) is 2.12. The Morgan fingerprint density at radius 3 is 2.76 bits per heavy atom. The molecule has 17 heavy (non-hydrogen) atoms. The standard InChI is InChI=1S/C13H13NO3/c1-2-12(15)14-7-9-5-3-4-6-10(9)11(8-14)13(16)17/h2-6,11H,1,7-8H2,(H,16,17). The van der Waals surface area contributed by atoms with Crippen LogP contribution in [0.15, 0.2) is 36.9 Å². The molecular formula is C13H13NO3. The number of aliphatic carboxylic acids is 1. The molecule has 2 rings (SSSR count). The fourth-order valence-electron chi connectivity index (χ4n) is 2.12. The SMILES string of the molecule is C=CC(=O)N1Cc2ccccc2C(C(=O)O)C1. The van der Waals surface area contributed by atoms with Gasteiger partial charge in [0.25, 0.3) is 0 Å². The topological polar surface area (TPSA) is 57.6 Å². The number of nitrogens with zero attached hydrogens (tertiary/aromatic N) is 1. The first-order valence-corrected chi connectivity index (χ1v) is 5.35. The van der Waals surface area contributed by atoms with E-state index in [4.69, 9.17) is 0 Å². The smallest absolute Gasteiger partial charge is 0.312 e. The highest BCUT2D eigenvalue weighted by Crippen LogP contribution is 2.28. The summed E-state index contributed by atoms with van der Waals surface area (Å²) in [5.74, 6) is -1.78. The molecule has 0 saturated carbocycles. The van der Waals surface area contributed by atoms with E-state index in [2.05, 4.69) is 6.58 Å². The number of rotatable bonds is 2. The molecule has 1 aromatic rings. The summed E-state index contributed by atoms with van der Waals surface area (Å²) in [4.78, 5) is 24.3. The number of hydrogen-bond donors (Lipinski definition) is 1. The summed E-state index contributed by atoms with van der Waals surface area (Å²) in [7, 11) is 0. The van der Waals surface area contributed by atoms with E-state index in [-0.39, 0.29) is 12.5 Å². The second kappa shape index (κ2) is 4.41. The van der Waals surface area contributed by atoms with Crippen LogP contribution in [0.1, 0.15) is 17.0 Å². The molecule has 1 aliphatic rings. The summed E-state index contributed by atoms with van der Waals surface area (Å²) < 4.78 is 0. The van der Waals surface area contributed by atoms with Gasteiger partial charge >= 0.3 is 5.97 Å². The lowest BCUT2D eigenvalue weighted by molar-refractivity contribution is -0.140. The van der Waals surface area contributed by atoms with Gasteiger partial charge in [0.05, 0.1) is 5.92 Å². The third-order valence-electron chi connectivity index (χ3n) is 2.98. The highest BCUT2D eigenvalue weighted by atomic mass is 16.4. The lowest BCUT2D eigenvalue weighted by atomic mass is 9.90. The third kappa shape index (κ3) is 2.06. The maximum absolute atomic E-state index is 11.6. The lowest BCUT2D eigenvalue weighted by Gasteiger charge is -2.32.